The molecule has 0 bridgehead atoms. The third kappa shape index (κ3) is 3.61. The lowest BCUT2D eigenvalue weighted by Gasteiger charge is -2.12. The molecule has 4 heteroatoms. The van der Waals surface area contributed by atoms with Crippen LogP contribution in [0.1, 0.15) is 45.3 Å². The van der Waals surface area contributed by atoms with Gasteiger partial charge in [-0.05, 0) is 25.8 Å². The van der Waals surface area contributed by atoms with Gasteiger partial charge >= 0.3 is 0 Å². The second kappa shape index (κ2) is 6.66. The van der Waals surface area contributed by atoms with Gasteiger partial charge in [-0.3, -0.25) is 4.68 Å². The fourth-order valence-electron chi connectivity index (χ4n) is 1.68. The highest BCUT2D eigenvalue weighted by molar-refractivity contribution is 4.99. The molecule has 0 radical (unpaired) electrons. The summed E-state index contributed by atoms with van der Waals surface area (Å²) < 4.78 is 2.04. The van der Waals surface area contributed by atoms with Crippen molar-refractivity contribution >= 4 is 0 Å². The smallest absolute Gasteiger partial charge is 0.0762 e. The van der Waals surface area contributed by atoms with Crippen LogP contribution in [0.25, 0.3) is 0 Å². The second-order valence-corrected chi connectivity index (χ2v) is 4.22. The molecule has 0 fully saturated rings. The third-order valence-corrected chi connectivity index (χ3v) is 2.89. The summed E-state index contributed by atoms with van der Waals surface area (Å²) in [6.45, 7) is 7.20. The summed E-state index contributed by atoms with van der Waals surface area (Å²) in [6, 6.07) is 2.66. The average molecular weight is 225 g/mol. The highest BCUT2D eigenvalue weighted by Gasteiger charge is 2.08. The van der Waals surface area contributed by atoms with E-state index >= 15 is 0 Å². The third-order valence-electron chi connectivity index (χ3n) is 2.89. The number of aliphatic hydroxyl groups is 1. The maximum absolute atomic E-state index is 8.89. The summed E-state index contributed by atoms with van der Waals surface area (Å²) in [7, 11) is 0. The molecular weight excluding hydrogens is 202 g/mol. The number of aliphatic hydroxyl groups excluding tert-OH is 1. The predicted molar refractivity (Wildman–Crippen MR) is 65.2 cm³/mol. The monoisotopic (exact) mass is 225 g/mol. The van der Waals surface area contributed by atoms with E-state index < -0.39 is 0 Å². The van der Waals surface area contributed by atoms with Crippen LogP contribution in [-0.2, 0) is 6.54 Å². The molecule has 1 aromatic heterocycles. The minimum absolute atomic E-state index is 0.123. The molecule has 0 aromatic carbocycles. The van der Waals surface area contributed by atoms with E-state index in [1.54, 1.807) is 0 Å². The molecule has 1 rings (SSSR count). The minimum atomic E-state index is 0.123. The fraction of sp³-hybridized carbons (Fsp3) is 0.750. The number of aromatic nitrogens is 2. The van der Waals surface area contributed by atoms with Crippen molar-refractivity contribution in [2.75, 3.05) is 6.61 Å². The van der Waals surface area contributed by atoms with Crippen LogP contribution < -0.4 is 5.32 Å². The van der Waals surface area contributed by atoms with Crippen LogP contribution in [0.15, 0.2) is 12.3 Å². The van der Waals surface area contributed by atoms with Gasteiger partial charge in [0.1, 0.15) is 0 Å². The summed E-state index contributed by atoms with van der Waals surface area (Å²) in [4.78, 5) is 0. The van der Waals surface area contributed by atoms with Gasteiger partial charge in [0.2, 0.25) is 0 Å². The number of hydrogen-bond donors (Lipinski definition) is 2. The van der Waals surface area contributed by atoms with Gasteiger partial charge in [-0.1, -0.05) is 13.8 Å². The summed E-state index contributed by atoms with van der Waals surface area (Å²) >= 11 is 0. The normalized spacial score (nSPS) is 13.3. The van der Waals surface area contributed by atoms with Gasteiger partial charge in [0.15, 0.2) is 0 Å². The highest BCUT2D eigenvalue weighted by Crippen LogP contribution is 2.14. The molecular formula is C12H23N3O. The molecule has 0 spiro atoms. The zero-order chi connectivity index (χ0) is 12.0. The molecule has 1 atom stereocenters. The zero-order valence-electron chi connectivity index (χ0n) is 10.5. The first-order chi connectivity index (χ1) is 7.71. The molecule has 0 saturated heterocycles. The molecule has 92 valence electrons. The van der Waals surface area contributed by atoms with Crippen molar-refractivity contribution in [1.82, 2.24) is 15.1 Å². The molecule has 0 aliphatic heterocycles. The van der Waals surface area contributed by atoms with E-state index in [1.165, 1.54) is 0 Å². The Kier molecular flexibility index (Phi) is 5.49. The van der Waals surface area contributed by atoms with E-state index in [2.05, 4.69) is 24.3 Å². The molecule has 0 amide bonds. The minimum Gasteiger partial charge on any atom is -0.395 e. The van der Waals surface area contributed by atoms with Crippen LogP contribution in [-0.4, -0.2) is 27.5 Å². The molecule has 0 aliphatic rings. The lowest BCUT2D eigenvalue weighted by Crippen LogP contribution is -2.28. The Morgan fingerprint density at radius 1 is 1.44 bits per heavy atom. The SMILES string of the molecule is CCC(CC)n1ccc(CNC(C)CO)n1. The maximum Gasteiger partial charge on any atom is 0.0762 e. The van der Waals surface area contributed by atoms with Crippen molar-refractivity contribution in [3.63, 3.8) is 0 Å². The highest BCUT2D eigenvalue weighted by atomic mass is 16.3. The van der Waals surface area contributed by atoms with Gasteiger partial charge in [0.25, 0.3) is 0 Å². The van der Waals surface area contributed by atoms with Gasteiger partial charge in [-0.2, -0.15) is 5.10 Å². The van der Waals surface area contributed by atoms with Gasteiger partial charge in [-0.25, -0.2) is 0 Å². The Morgan fingerprint density at radius 2 is 2.12 bits per heavy atom. The van der Waals surface area contributed by atoms with Crippen LogP contribution in [0.4, 0.5) is 0 Å². The second-order valence-electron chi connectivity index (χ2n) is 4.22. The van der Waals surface area contributed by atoms with Crippen LogP contribution >= 0.6 is 0 Å². The topological polar surface area (TPSA) is 50.1 Å². The summed E-state index contributed by atoms with van der Waals surface area (Å²) in [5.41, 5.74) is 1.03. The van der Waals surface area contributed by atoms with Crippen molar-refractivity contribution in [3.05, 3.63) is 18.0 Å². The quantitative estimate of drug-likeness (QED) is 0.743. The lowest BCUT2D eigenvalue weighted by molar-refractivity contribution is 0.250. The Morgan fingerprint density at radius 3 is 2.69 bits per heavy atom. The maximum atomic E-state index is 8.89. The molecule has 0 aliphatic carbocycles. The van der Waals surface area contributed by atoms with Crippen molar-refractivity contribution < 1.29 is 5.11 Å². The molecule has 0 saturated carbocycles. The largest absolute Gasteiger partial charge is 0.395 e. The summed E-state index contributed by atoms with van der Waals surface area (Å²) in [6.07, 6.45) is 4.26. The van der Waals surface area contributed by atoms with E-state index in [1.807, 2.05) is 23.9 Å². The first-order valence-corrected chi connectivity index (χ1v) is 6.09. The van der Waals surface area contributed by atoms with Crippen LogP contribution in [0.5, 0.6) is 0 Å². The van der Waals surface area contributed by atoms with Crippen molar-refractivity contribution in [1.29, 1.82) is 0 Å². The standard InChI is InChI=1S/C12H23N3O/c1-4-12(5-2)15-7-6-11(14-15)8-13-10(3)9-16/h6-7,10,12-13,16H,4-5,8-9H2,1-3H3. The number of hydrogen-bond acceptors (Lipinski definition) is 3. The molecule has 1 heterocycles. The molecule has 1 unspecified atom stereocenters. The summed E-state index contributed by atoms with van der Waals surface area (Å²) in [5.74, 6) is 0. The molecule has 2 N–H and O–H groups in total. The van der Waals surface area contributed by atoms with Gasteiger partial charge < -0.3 is 10.4 Å². The van der Waals surface area contributed by atoms with Crippen LogP contribution in [0, 0.1) is 0 Å². The molecule has 16 heavy (non-hydrogen) atoms. The Labute approximate surface area is 97.7 Å². The van der Waals surface area contributed by atoms with E-state index in [-0.39, 0.29) is 12.6 Å². The van der Waals surface area contributed by atoms with Crippen molar-refractivity contribution in [3.8, 4) is 0 Å². The van der Waals surface area contributed by atoms with Gasteiger partial charge in [0, 0.05) is 18.8 Å². The predicted octanol–water partition coefficient (Wildman–Crippen LogP) is 1.71. The zero-order valence-corrected chi connectivity index (χ0v) is 10.5. The van der Waals surface area contributed by atoms with Gasteiger partial charge in [-0.15, -0.1) is 0 Å². The number of nitrogens with zero attached hydrogens (tertiary/aromatic N) is 2. The van der Waals surface area contributed by atoms with Crippen molar-refractivity contribution in [2.45, 2.75) is 52.2 Å². The van der Waals surface area contributed by atoms with Gasteiger partial charge in [0.05, 0.1) is 18.3 Å². The Hall–Kier alpha value is -0.870. The lowest BCUT2D eigenvalue weighted by atomic mass is 10.2. The fourth-order valence-corrected chi connectivity index (χ4v) is 1.68. The molecule has 4 nitrogen and oxygen atoms in total. The first kappa shape index (κ1) is 13.2. The Bertz CT molecular complexity index is 294. The Balaban J connectivity index is 2.51. The van der Waals surface area contributed by atoms with Crippen LogP contribution in [0.3, 0.4) is 0 Å². The van der Waals surface area contributed by atoms with E-state index in [0.717, 1.165) is 25.1 Å². The van der Waals surface area contributed by atoms with E-state index in [9.17, 15) is 0 Å². The average Bonchev–Trinajstić information content (AvgIpc) is 2.76. The van der Waals surface area contributed by atoms with Crippen molar-refractivity contribution in [2.24, 2.45) is 0 Å². The van der Waals surface area contributed by atoms with E-state index in [0.29, 0.717) is 6.04 Å². The number of nitrogens with one attached hydrogen (secondary N) is 1. The van der Waals surface area contributed by atoms with E-state index in [4.69, 9.17) is 5.11 Å². The number of rotatable bonds is 7. The summed E-state index contributed by atoms with van der Waals surface area (Å²) in [5, 5.41) is 16.6. The van der Waals surface area contributed by atoms with Crippen LogP contribution in [0.2, 0.25) is 0 Å². The first-order valence-electron chi connectivity index (χ1n) is 6.09. The molecule has 1 aromatic rings.